The lowest BCUT2D eigenvalue weighted by molar-refractivity contribution is -0.132. The van der Waals surface area contributed by atoms with Gasteiger partial charge in [0.15, 0.2) is 11.5 Å². The van der Waals surface area contributed by atoms with Crippen molar-refractivity contribution in [3.63, 3.8) is 0 Å². The Morgan fingerprint density at radius 1 is 0.929 bits per heavy atom. The summed E-state index contributed by atoms with van der Waals surface area (Å²) in [5, 5.41) is 0. The van der Waals surface area contributed by atoms with Crippen LogP contribution in [0.15, 0.2) is 63.9 Å². The van der Waals surface area contributed by atoms with E-state index in [0.29, 0.717) is 50.0 Å². The molecule has 0 spiro atoms. The van der Waals surface area contributed by atoms with Gasteiger partial charge >= 0.3 is 0 Å². The minimum atomic E-state index is -3.93. The summed E-state index contributed by atoms with van der Waals surface area (Å²) >= 11 is 0. The molecule has 0 N–H and O–H groups in total. The molecule has 1 fully saturated rings. The van der Waals surface area contributed by atoms with Crippen LogP contribution in [0, 0.1) is 13.8 Å². The van der Waals surface area contributed by atoms with Crippen LogP contribution < -0.4 is 9.47 Å². The number of benzene rings is 2. The number of furan rings is 1. The van der Waals surface area contributed by atoms with Gasteiger partial charge in [0.1, 0.15) is 11.5 Å². The lowest BCUT2D eigenvalue weighted by atomic mass is 10.1. The number of hydrogen-bond donors (Lipinski definition) is 0. The number of rotatable bonds is 14. The topological polar surface area (TPSA) is 102 Å². The Kier molecular flexibility index (Phi) is 11.0. The molecule has 228 valence electrons. The Balaban J connectivity index is 1.56. The number of carbonyl (C=O) groups excluding carboxylic acids is 1. The highest BCUT2D eigenvalue weighted by molar-refractivity contribution is 7.89. The number of morpholine rings is 1. The SMILES string of the molecule is COc1ccc(CCN(Cc2ccc(C)o2)C(=O)CN(CCN2CCOCC2)S(=O)(=O)c2ccc(C)cc2)cc1OC. The average Bonchev–Trinajstić information content (AvgIpc) is 3.41. The highest BCUT2D eigenvalue weighted by Gasteiger charge is 2.29. The van der Waals surface area contributed by atoms with E-state index in [9.17, 15) is 13.2 Å². The molecule has 3 aromatic rings. The normalized spacial score (nSPS) is 14.2. The monoisotopic (exact) mass is 599 g/mol. The summed E-state index contributed by atoms with van der Waals surface area (Å²) < 4.78 is 50.9. The minimum Gasteiger partial charge on any atom is -0.493 e. The van der Waals surface area contributed by atoms with Crippen molar-refractivity contribution in [2.75, 3.05) is 66.7 Å². The minimum absolute atomic E-state index is 0.168. The molecule has 2 heterocycles. The third-order valence-electron chi connectivity index (χ3n) is 7.35. The van der Waals surface area contributed by atoms with Gasteiger partial charge in [0.25, 0.3) is 0 Å². The van der Waals surface area contributed by atoms with Crippen molar-refractivity contribution in [3.05, 3.63) is 77.2 Å². The van der Waals surface area contributed by atoms with Gasteiger partial charge in [-0.3, -0.25) is 9.69 Å². The van der Waals surface area contributed by atoms with Crippen molar-refractivity contribution in [3.8, 4) is 11.5 Å². The van der Waals surface area contributed by atoms with Gasteiger partial charge in [0.2, 0.25) is 15.9 Å². The fourth-order valence-electron chi connectivity index (χ4n) is 4.82. The maximum atomic E-state index is 13.9. The van der Waals surface area contributed by atoms with E-state index in [-0.39, 0.29) is 30.4 Å². The van der Waals surface area contributed by atoms with Gasteiger partial charge in [-0.2, -0.15) is 4.31 Å². The molecule has 2 aromatic carbocycles. The molecule has 1 aliphatic rings. The highest BCUT2D eigenvalue weighted by Crippen LogP contribution is 2.28. The van der Waals surface area contributed by atoms with Crippen molar-refractivity contribution < 1.29 is 31.8 Å². The zero-order chi connectivity index (χ0) is 30.1. The molecule has 0 aliphatic carbocycles. The van der Waals surface area contributed by atoms with Gasteiger partial charge in [-0.05, 0) is 62.2 Å². The van der Waals surface area contributed by atoms with Crippen molar-refractivity contribution >= 4 is 15.9 Å². The van der Waals surface area contributed by atoms with E-state index in [1.165, 1.54) is 4.31 Å². The standard InChI is InChI=1S/C31H41N3O7S/c1-24-5-10-28(11-6-24)42(36,37)34(16-15-32-17-19-40-20-18-32)23-31(35)33(22-27-9-7-25(2)41-27)14-13-26-8-12-29(38-3)30(21-26)39-4/h5-12,21H,13-20,22-23H2,1-4H3. The Bertz CT molecular complexity index is 1420. The van der Waals surface area contributed by atoms with E-state index in [0.717, 1.165) is 30.0 Å². The summed E-state index contributed by atoms with van der Waals surface area (Å²) in [5.74, 6) is 2.30. The Labute approximate surface area is 248 Å². The summed E-state index contributed by atoms with van der Waals surface area (Å²) in [4.78, 5) is 17.9. The molecule has 42 heavy (non-hydrogen) atoms. The summed E-state index contributed by atoms with van der Waals surface area (Å²) in [7, 11) is -0.764. The Morgan fingerprint density at radius 2 is 1.64 bits per heavy atom. The van der Waals surface area contributed by atoms with E-state index in [1.54, 1.807) is 43.4 Å². The average molecular weight is 600 g/mol. The molecule has 1 aromatic heterocycles. The van der Waals surface area contributed by atoms with Crippen LogP contribution in [0.5, 0.6) is 11.5 Å². The number of nitrogens with zero attached hydrogens (tertiary/aromatic N) is 3. The second-order valence-electron chi connectivity index (χ2n) is 10.4. The van der Waals surface area contributed by atoms with Crippen LogP contribution in [-0.4, -0.2) is 95.1 Å². The first-order valence-corrected chi connectivity index (χ1v) is 15.5. The maximum Gasteiger partial charge on any atom is 0.243 e. The molecule has 0 bridgehead atoms. The summed E-state index contributed by atoms with van der Waals surface area (Å²) in [5.41, 5.74) is 1.91. The van der Waals surface area contributed by atoms with E-state index in [4.69, 9.17) is 18.6 Å². The maximum absolute atomic E-state index is 13.9. The van der Waals surface area contributed by atoms with Crippen LogP contribution in [0.4, 0.5) is 0 Å². The molecule has 0 atom stereocenters. The van der Waals surface area contributed by atoms with Gasteiger partial charge in [-0.25, -0.2) is 8.42 Å². The van der Waals surface area contributed by atoms with Gasteiger partial charge in [0, 0.05) is 32.7 Å². The van der Waals surface area contributed by atoms with Crippen LogP contribution in [0.1, 0.15) is 22.6 Å². The fraction of sp³-hybridized carbons (Fsp3) is 0.452. The molecule has 1 aliphatic heterocycles. The molecule has 1 saturated heterocycles. The molecule has 1 amide bonds. The first-order valence-electron chi connectivity index (χ1n) is 14.1. The molecular weight excluding hydrogens is 558 g/mol. The zero-order valence-electron chi connectivity index (χ0n) is 24.9. The summed E-state index contributed by atoms with van der Waals surface area (Å²) in [6, 6.07) is 16.1. The van der Waals surface area contributed by atoms with Crippen LogP contribution in [0.2, 0.25) is 0 Å². The number of aryl methyl sites for hydroxylation is 2. The lowest BCUT2D eigenvalue weighted by Crippen LogP contribution is -2.47. The number of methoxy groups -OCH3 is 2. The molecule has 0 radical (unpaired) electrons. The second-order valence-corrected chi connectivity index (χ2v) is 12.3. The molecule has 11 heteroatoms. The molecule has 10 nitrogen and oxygen atoms in total. The predicted octanol–water partition coefficient (Wildman–Crippen LogP) is 3.51. The van der Waals surface area contributed by atoms with E-state index >= 15 is 0 Å². The number of ether oxygens (including phenoxy) is 3. The van der Waals surface area contributed by atoms with Gasteiger partial charge < -0.3 is 23.5 Å². The zero-order valence-corrected chi connectivity index (χ0v) is 25.7. The second kappa shape index (κ2) is 14.7. The first-order chi connectivity index (χ1) is 20.2. The molecule has 4 rings (SSSR count). The first kappa shape index (κ1) is 31.6. The van der Waals surface area contributed by atoms with E-state index in [1.807, 2.05) is 44.2 Å². The third-order valence-corrected chi connectivity index (χ3v) is 9.21. The number of amides is 1. The van der Waals surface area contributed by atoms with Crippen LogP contribution in [-0.2, 0) is 32.5 Å². The molecule has 0 unspecified atom stereocenters. The van der Waals surface area contributed by atoms with Crippen molar-refractivity contribution in [2.24, 2.45) is 0 Å². The number of sulfonamides is 1. The van der Waals surface area contributed by atoms with Gasteiger partial charge in [-0.1, -0.05) is 23.8 Å². The number of carbonyl (C=O) groups is 1. The van der Waals surface area contributed by atoms with Crippen LogP contribution >= 0.6 is 0 Å². The van der Waals surface area contributed by atoms with E-state index < -0.39 is 10.0 Å². The Morgan fingerprint density at radius 3 is 2.29 bits per heavy atom. The largest absolute Gasteiger partial charge is 0.493 e. The lowest BCUT2D eigenvalue weighted by Gasteiger charge is -2.31. The predicted molar refractivity (Wildman–Crippen MR) is 159 cm³/mol. The summed E-state index contributed by atoms with van der Waals surface area (Å²) in [6.45, 7) is 7.40. The van der Waals surface area contributed by atoms with Crippen LogP contribution in [0.25, 0.3) is 0 Å². The van der Waals surface area contributed by atoms with Crippen molar-refractivity contribution in [2.45, 2.75) is 31.7 Å². The fourth-order valence-corrected chi connectivity index (χ4v) is 6.20. The number of hydrogen-bond acceptors (Lipinski definition) is 8. The smallest absolute Gasteiger partial charge is 0.243 e. The van der Waals surface area contributed by atoms with E-state index in [2.05, 4.69) is 4.90 Å². The molecular formula is C31H41N3O7S. The third kappa shape index (κ3) is 8.34. The van der Waals surface area contributed by atoms with Gasteiger partial charge in [-0.15, -0.1) is 0 Å². The molecule has 0 saturated carbocycles. The van der Waals surface area contributed by atoms with Crippen molar-refractivity contribution in [1.82, 2.24) is 14.1 Å². The Hall–Kier alpha value is -3.38. The highest BCUT2D eigenvalue weighted by atomic mass is 32.2. The van der Waals surface area contributed by atoms with Gasteiger partial charge in [0.05, 0.1) is 45.4 Å². The summed E-state index contributed by atoms with van der Waals surface area (Å²) in [6.07, 6.45) is 0.532. The quantitative estimate of drug-likeness (QED) is 0.278. The van der Waals surface area contributed by atoms with Crippen molar-refractivity contribution in [1.29, 1.82) is 0 Å². The van der Waals surface area contributed by atoms with Crippen LogP contribution in [0.3, 0.4) is 0 Å².